The Morgan fingerprint density at radius 3 is 2.71 bits per heavy atom. The van der Waals surface area contributed by atoms with E-state index in [9.17, 15) is 9.59 Å². The summed E-state index contributed by atoms with van der Waals surface area (Å²) in [6.07, 6.45) is 0. The van der Waals surface area contributed by atoms with Crippen LogP contribution < -0.4 is 10.6 Å². The second kappa shape index (κ2) is 7.91. The van der Waals surface area contributed by atoms with Gasteiger partial charge in [-0.3, -0.25) is 10.1 Å². The molecule has 24 heavy (non-hydrogen) atoms. The molecule has 3 amide bonds. The molecule has 2 rings (SSSR count). The van der Waals surface area contributed by atoms with Gasteiger partial charge in [-0.1, -0.05) is 29.5 Å². The van der Waals surface area contributed by atoms with Crippen molar-refractivity contribution in [3.63, 3.8) is 0 Å². The minimum Gasteiger partial charge on any atom is -0.336 e. The van der Waals surface area contributed by atoms with E-state index >= 15 is 0 Å². The van der Waals surface area contributed by atoms with Crippen LogP contribution in [0.4, 0.5) is 4.79 Å². The summed E-state index contributed by atoms with van der Waals surface area (Å²) in [6, 6.07) is 5.39. The van der Waals surface area contributed by atoms with Gasteiger partial charge in [-0.05, 0) is 49.8 Å². The van der Waals surface area contributed by atoms with Gasteiger partial charge in [0.05, 0.1) is 11.4 Å². The van der Waals surface area contributed by atoms with Gasteiger partial charge in [0.25, 0.3) is 0 Å². The van der Waals surface area contributed by atoms with Crippen LogP contribution in [0.3, 0.4) is 0 Å². The summed E-state index contributed by atoms with van der Waals surface area (Å²) in [5, 5.41) is 16.9. The summed E-state index contributed by atoms with van der Waals surface area (Å²) in [6.45, 7) is 7.62. The van der Waals surface area contributed by atoms with Gasteiger partial charge >= 0.3 is 6.03 Å². The standard InChI is InChI=1S/C15H20N6O2S/c1-9(2)16-14(23)17-13(22)8-24-15-18-19-20-21(15)12-6-5-10(3)7-11(12)4/h5-7,9H,8H2,1-4H3,(H2,16,17,22,23). The molecule has 0 spiro atoms. The second-order valence-corrected chi connectivity index (χ2v) is 6.57. The van der Waals surface area contributed by atoms with Crippen LogP contribution in [-0.2, 0) is 4.79 Å². The first-order valence-electron chi connectivity index (χ1n) is 7.46. The topological polar surface area (TPSA) is 102 Å². The molecule has 1 aromatic heterocycles. The third-order valence-electron chi connectivity index (χ3n) is 3.03. The average molecular weight is 348 g/mol. The van der Waals surface area contributed by atoms with Crippen molar-refractivity contribution in [3.8, 4) is 5.69 Å². The fourth-order valence-corrected chi connectivity index (χ4v) is 2.74. The average Bonchev–Trinajstić information content (AvgIpc) is 2.92. The highest BCUT2D eigenvalue weighted by Gasteiger charge is 2.14. The van der Waals surface area contributed by atoms with Gasteiger partial charge in [0.2, 0.25) is 11.1 Å². The van der Waals surface area contributed by atoms with Gasteiger partial charge in [-0.25, -0.2) is 4.79 Å². The van der Waals surface area contributed by atoms with Gasteiger partial charge < -0.3 is 5.32 Å². The number of urea groups is 1. The van der Waals surface area contributed by atoms with Gasteiger partial charge in [-0.2, -0.15) is 4.68 Å². The SMILES string of the molecule is Cc1ccc(-n2nnnc2SCC(=O)NC(=O)NC(C)C)c(C)c1. The lowest BCUT2D eigenvalue weighted by molar-refractivity contribution is -0.117. The Hall–Kier alpha value is -2.42. The van der Waals surface area contributed by atoms with Crippen LogP contribution in [0.1, 0.15) is 25.0 Å². The minimum absolute atomic E-state index is 0.0385. The second-order valence-electron chi connectivity index (χ2n) is 5.63. The van der Waals surface area contributed by atoms with Crippen LogP contribution in [-0.4, -0.2) is 43.9 Å². The molecule has 0 saturated heterocycles. The first kappa shape index (κ1) is 17.9. The number of aryl methyl sites for hydroxylation is 2. The molecule has 0 radical (unpaired) electrons. The molecule has 0 fully saturated rings. The molecular weight excluding hydrogens is 328 g/mol. The molecule has 8 nitrogen and oxygen atoms in total. The molecule has 2 aromatic rings. The summed E-state index contributed by atoms with van der Waals surface area (Å²) < 4.78 is 1.58. The van der Waals surface area contributed by atoms with E-state index in [4.69, 9.17) is 0 Å². The molecule has 0 aliphatic carbocycles. The fourth-order valence-electron chi connectivity index (χ4n) is 2.05. The third kappa shape index (κ3) is 4.79. The van der Waals surface area contributed by atoms with E-state index in [1.54, 1.807) is 4.68 Å². The molecule has 0 atom stereocenters. The number of imide groups is 1. The molecule has 0 saturated carbocycles. The Balaban J connectivity index is 2.01. The maximum Gasteiger partial charge on any atom is 0.321 e. The van der Waals surface area contributed by atoms with E-state index in [1.165, 1.54) is 11.8 Å². The summed E-state index contributed by atoms with van der Waals surface area (Å²) in [5.41, 5.74) is 3.03. The smallest absolute Gasteiger partial charge is 0.321 e. The number of benzene rings is 1. The third-order valence-corrected chi connectivity index (χ3v) is 3.95. The number of aromatic nitrogens is 4. The monoisotopic (exact) mass is 348 g/mol. The molecule has 2 N–H and O–H groups in total. The lowest BCUT2D eigenvalue weighted by Crippen LogP contribution is -2.43. The Kier molecular flexibility index (Phi) is 5.91. The zero-order valence-electron chi connectivity index (χ0n) is 14.0. The number of tetrazole rings is 1. The highest BCUT2D eigenvalue weighted by molar-refractivity contribution is 7.99. The van der Waals surface area contributed by atoms with E-state index in [1.807, 2.05) is 45.9 Å². The molecule has 1 heterocycles. The number of amides is 3. The van der Waals surface area contributed by atoms with E-state index in [0.717, 1.165) is 16.8 Å². The van der Waals surface area contributed by atoms with Crippen molar-refractivity contribution in [1.82, 2.24) is 30.8 Å². The Morgan fingerprint density at radius 1 is 1.29 bits per heavy atom. The van der Waals surface area contributed by atoms with Crippen molar-refractivity contribution in [2.45, 2.75) is 38.9 Å². The van der Waals surface area contributed by atoms with E-state index in [0.29, 0.717) is 5.16 Å². The largest absolute Gasteiger partial charge is 0.336 e. The maximum atomic E-state index is 11.8. The lowest BCUT2D eigenvalue weighted by Gasteiger charge is -2.09. The van der Waals surface area contributed by atoms with Gasteiger partial charge in [0.1, 0.15) is 0 Å². The Labute approximate surface area is 144 Å². The van der Waals surface area contributed by atoms with Crippen molar-refractivity contribution < 1.29 is 9.59 Å². The van der Waals surface area contributed by atoms with Crippen molar-refractivity contribution >= 4 is 23.7 Å². The fraction of sp³-hybridized carbons (Fsp3) is 0.400. The normalized spacial score (nSPS) is 10.7. The number of carbonyl (C=O) groups excluding carboxylic acids is 2. The maximum absolute atomic E-state index is 11.8. The van der Waals surface area contributed by atoms with E-state index in [2.05, 4.69) is 26.2 Å². The molecular formula is C15H20N6O2S. The highest BCUT2D eigenvalue weighted by atomic mass is 32.2. The van der Waals surface area contributed by atoms with E-state index < -0.39 is 11.9 Å². The van der Waals surface area contributed by atoms with Gasteiger partial charge in [0.15, 0.2) is 0 Å². The minimum atomic E-state index is -0.510. The number of hydrogen-bond acceptors (Lipinski definition) is 6. The van der Waals surface area contributed by atoms with Crippen molar-refractivity contribution in [3.05, 3.63) is 29.3 Å². The number of nitrogens with zero attached hydrogens (tertiary/aromatic N) is 4. The van der Waals surface area contributed by atoms with Gasteiger partial charge in [-0.15, -0.1) is 5.10 Å². The Morgan fingerprint density at radius 2 is 2.04 bits per heavy atom. The summed E-state index contributed by atoms with van der Waals surface area (Å²) in [5.74, 6) is -0.370. The lowest BCUT2D eigenvalue weighted by atomic mass is 10.1. The quantitative estimate of drug-likeness (QED) is 0.796. The number of thioether (sulfide) groups is 1. The molecule has 0 aliphatic heterocycles. The molecule has 0 aliphatic rings. The van der Waals surface area contributed by atoms with E-state index in [-0.39, 0.29) is 11.8 Å². The number of rotatable bonds is 5. The van der Waals surface area contributed by atoms with Crippen molar-refractivity contribution in [1.29, 1.82) is 0 Å². The predicted octanol–water partition coefficient (Wildman–Crippen LogP) is 1.61. The number of nitrogens with one attached hydrogen (secondary N) is 2. The number of carbonyl (C=O) groups is 2. The molecule has 1 aromatic carbocycles. The zero-order chi connectivity index (χ0) is 17.7. The van der Waals surface area contributed by atoms with Crippen LogP contribution in [0.5, 0.6) is 0 Å². The predicted molar refractivity (Wildman–Crippen MR) is 91.2 cm³/mol. The number of hydrogen-bond donors (Lipinski definition) is 2. The Bertz CT molecular complexity index is 743. The summed E-state index contributed by atoms with van der Waals surface area (Å²) in [4.78, 5) is 23.3. The van der Waals surface area contributed by atoms with Crippen LogP contribution in [0.2, 0.25) is 0 Å². The zero-order valence-corrected chi connectivity index (χ0v) is 14.8. The van der Waals surface area contributed by atoms with Crippen molar-refractivity contribution in [2.75, 3.05) is 5.75 Å². The molecule has 9 heteroatoms. The first-order chi connectivity index (χ1) is 11.4. The van der Waals surface area contributed by atoms with Crippen molar-refractivity contribution in [2.24, 2.45) is 0 Å². The summed E-state index contributed by atoms with van der Waals surface area (Å²) >= 11 is 1.17. The molecule has 0 bridgehead atoms. The first-order valence-corrected chi connectivity index (χ1v) is 8.44. The summed E-state index contributed by atoms with van der Waals surface area (Å²) in [7, 11) is 0. The van der Waals surface area contributed by atoms with Crippen LogP contribution >= 0.6 is 11.8 Å². The van der Waals surface area contributed by atoms with Crippen LogP contribution in [0.15, 0.2) is 23.4 Å². The van der Waals surface area contributed by atoms with Crippen LogP contribution in [0, 0.1) is 13.8 Å². The highest BCUT2D eigenvalue weighted by Crippen LogP contribution is 2.21. The molecule has 128 valence electrons. The van der Waals surface area contributed by atoms with Gasteiger partial charge in [0, 0.05) is 6.04 Å². The molecule has 0 unspecified atom stereocenters. The van der Waals surface area contributed by atoms with Crippen LogP contribution in [0.25, 0.3) is 5.69 Å².